The van der Waals surface area contributed by atoms with Crippen molar-refractivity contribution in [2.24, 2.45) is 0 Å². The number of methoxy groups -OCH3 is 2. The molecule has 0 aromatic heterocycles. The molecule has 1 aromatic carbocycles. The smallest absolute Gasteiger partial charge is 0.332 e. The molecule has 0 saturated heterocycles. The summed E-state index contributed by atoms with van der Waals surface area (Å²) in [6, 6.07) is 7.72. The molecule has 0 N–H and O–H groups in total. The number of nitrogens with zero attached hydrogens (tertiary/aromatic N) is 1. The van der Waals surface area contributed by atoms with Crippen LogP contribution in [0.3, 0.4) is 0 Å². The number of ketones is 1. The van der Waals surface area contributed by atoms with Crippen molar-refractivity contribution in [2.75, 3.05) is 18.6 Å². The number of benzene rings is 1. The van der Waals surface area contributed by atoms with Gasteiger partial charge in [0, 0.05) is 19.2 Å². The number of carbonyl (C=O) groups excluding carboxylic acids is 2. The maximum Gasteiger partial charge on any atom is 0.332 e. The monoisotopic (exact) mass is 457 g/mol. The molecule has 0 radical (unpaired) electrons. The lowest BCUT2D eigenvalue weighted by Gasteiger charge is -2.43. The number of alkyl halides is 1. The molecule has 0 fully saturated rings. The van der Waals surface area contributed by atoms with Crippen molar-refractivity contribution in [3.63, 3.8) is 0 Å². The molecule has 0 amide bonds. The fraction of sp³-hybridized carbons (Fsp3) is 0.474. The van der Waals surface area contributed by atoms with Gasteiger partial charge in [0.25, 0.3) is 0 Å². The Morgan fingerprint density at radius 2 is 1.96 bits per heavy atom. The van der Waals surface area contributed by atoms with Crippen LogP contribution < -0.4 is 4.74 Å². The third kappa shape index (κ3) is 4.74. The number of carbonyl (C=O) groups is 2. The standard InChI is InChI=1S/C19H24INO4/c1-24-17-7-5-15(6-8-17)14-21-12-9-16(22)13-19(21,18(23)25-2)10-3-4-11-20/h5-9,12H,3-4,10-11,13-14H2,1-2H3. The Balaban J connectivity index is 2.29. The molecule has 5 nitrogen and oxygen atoms in total. The van der Waals surface area contributed by atoms with E-state index < -0.39 is 5.54 Å². The van der Waals surface area contributed by atoms with Crippen LogP contribution in [0.2, 0.25) is 0 Å². The van der Waals surface area contributed by atoms with Gasteiger partial charge in [-0.1, -0.05) is 34.7 Å². The summed E-state index contributed by atoms with van der Waals surface area (Å²) in [5.74, 6) is 0.410. The third-order valence-corrected chi connectivity index (χ3v) is 5.27. The highest BCUT2D eigenvalue weighted by atomic mass is 127. The largest absolute Gasteiger partial charge is 0.497 e. The van der Waals surface area contributed by atoms with Crippen LogP contribution in [0.1, 0.15) is 31.2 Å². The van der Waals surface area contributed by atoms with Crippen molar-refractivity contribution < 1.29 is 19.1 Å². The lowest BCUT2D eigenvalue weighted by Crippen LogP contribution is -2.55. The Labute approximate surface area is 162 Å². The molecule has 2 rings (SSSR count). The van der Waals surface area contributed by atoms with Crippen LogP contribution in [0.25, 0.3) is 0 Å². The Bertz CT molecular complexity index is 629. The molecule has 0 aliphatic carbocycles. The second kappa shape index (κ2) is 9.22. The van der Waals surface area contributed by atoms with E-state index in [-0.39, 0.29) is 18.2 Å². The first-order chi connectivity index (χ1) is 12.1. The lowest BCUT2D eigenvalue weighted by molar-refractivity contribution is -0.157. The Morgan fingerprint density at radius 3 is 2.56 bits per heavy atom. The van der Waals surface area contributed by atoms with Crippen molar-refractivity contribution in [1.82, 2.24) is 4.90 Å². The van der Waals surface area contributed by atoms with Crippen molar-refractivity contribution in [3.05, 3.63) is 42.1 Å². The molecule has 25 heavy (non-hydrogen) atoms. The van der Waals surface area contributed by atoms with Crippen LogP contribution in [0.4, 0.5) is 0 Å². The number of allylic oxidation sites excluding steroid dienone is 1. The maximum absolute atomic E-state index is 12.7. The van der Waals surface area contributed by atoms with E-state index in [4.69, 9.17) is 9.47 Å². The van der Waals surface area contributed by atoms with Gasteiger partial charge in [-0.2, -0.15) is 0 Å². The number of hydrogen-bond acceptors (Lipinski definition) is 5. The zero-order chi connectivity index (χ0) is 18.3. The quantitative estimate of drug-likeness (QED) is 0.259. The van der Waals surface area contributed by atoms with Gasteiger partial charge in [-0.25, -0.2) is 4.79 Å². The van der Waals surface area contributed by atoms with Crippen molar-refractivity contribution >= 4 is 34.3 Å². The summed E-state index contributed by atoms with van der Waals surface area (Å²) in [5.41, 5.74) is 0.119. The minimum atomic E-state index is -0.924. The first-order valence-electron chi connectivity index (χ1n) is 8.31. The molecule has 1 atom stereocenters. The van der Waals surface area contributed by atoms with E-state index in [1.165, 1.54) is 7.11 Å². The van der Waals surface area contributed by atoms with Crippen LogP contribution in [0.5, 0.6) is 5.75 Å². The molecule has 1 aliphatic heterocycles. The lowest BCUT2D eigenvalue weighted by atomic mass is 9.83. The van der Waals surface area contributed by atoms with E-state index in [1.54, 1.807) is 19.4 Å². The molecule has 1 heterocycles. The SMILES string of the molecule is COC(=O)C1(CCCCI)CC(=O)C=CN1Cc1ccc(OC)cc1. The highest BCUT2D eigenvalue weighted by molar-refractivity contribution is 14.1. The van der Waals surface area contributed by atoms with Gasteiger partial charge in [0.15, 0.2) is 5.78 Å². The van der Waals surface area contributed by atoms with Crippen LogP contribution in [-0.4, -0.2) is 40.8 Å². The molecule has 1 aliphatic rings. The van der Waals surface area contributed by atoms with Gasteiger partial charge >= 0.3 is 5.97 Å². The van der Waals surface area contributed by atoms with Gasteiger partial charge in [0.05, 0.1) is 14.2 Å². The van der Waals surface area contributed by atoms with Crippen molar-refractivity contribution in [3.8, 4) is 5.75 Å². The molecule has 6 heteroatoms. The molecule has 0 saturated carbocycles. The Morgan fingerprint density at radius 1 is 1.24 bits per heavy atom. The van der Waals surface area contributed by atoms with Gasteiger partial charge < -0.3 is 14.4 Å². The van der Waals surface area contributed by atoms with Gasteiger partial charge in [-0.05, 0) is 47.5 Å². The summed E-state index contributed by atoms with van der Waals surface area (Å²) >= 11 is 2.33. The normalized spacial score (nSPS) is 19.8. The minimum Gasteiger partial charge on any atom is -0.497 e. The average molecular weight is 457 g/mol. The van der Waals surface area contributed by atoms with E-state index in [9.17, 15) is 9.59 Å². The number of ether oxygens (including phenoxy) is 2. The summed E-state index contributed by atoms with van der Waals surface area (Å²) in [5, 5.41) is 0. The summed E-state index contributed by atoms with van der Waals surface area (Å²) in [6.07, 6.45) is 5.93. The summed E-state index contributed by atoms with van der Waals surface area (Å²) in [4.78, 5) is 26.7. The second-order valence-electron chi connectivity index (χ2n) is 6.10. The first-order valence-corrected chi connectivity index (χ1v) is 9.83. The zero-order valence-corrected chi connectivity index (χ0v) is 16.8. The predicted molar refractivity (Wildman–Crippen MR) is 105 cm³/mol. The molecule has 1 aromatic rings. The van der Waals surface area contributed by atoms with Crippen molar-refractivity contribution in [1.29, 1.82) is 0 Å². The van der Waals surface area contributed by atoms with E-state index in [0.29, 0.717) is 13.0 Å². The predicted octanol–water partition coefficient (Wildman–Crippen LogP) is 3.50. The molecular formula is C19H24INO4. The van der Waals surface area contributed by atoms with Crippen molar-refractivity contribution in [2.45, 2.75) is 37.8 Å². The second-order valence-corrected chi connectivity index (χ2v) is 7.18. The first kappa shape index (κ1) is 19.8. The third-order valence-electron chi connectivity index (χ3n) is 4.51. The van der Waals surface area contributed by atoms with Crippen LogP contribution >= 0.6 is 22.6 Å². The van der Waals surface area contributed by atoms with Gasteiger partial charge in [-0.15, -0.1) is 0 Å². The summed E-state index contributed by atoms with van der Waals surface area (Å²) in [7, 11) is 3.01. The average Bonchev–Trinajstić information content (AvgIpc) is 2.64. The highest BCUT2D eigenvalue weighted by Gasteiger charge is 2.46. The molecule has 1 unspecified atom stereocenters. The maximum atomic E-state index is 12.7. The van der Waals surface area contributed by atoms with Gasteiger partial charge in [-0.3, -0.25) is 4.79 Å². The fourth-order valence-electron chi connectivity index (χ4n) is 3.12. The van der Waals surface area contributed by atoms with Gasteiger partial charge in [0.1, 0.15) is 11.3 Å². The number of esters is 1. The summed E-state index contributed by atoms with van der Waals surface area (Å²) < 4.78 is 11.3. The molecule has 136 valence electrons. The minimum absolute atomic E-state index is 0.0362. The van der Waals surface area contributed by atoms with Crippen LogP contribution in [0.15, 0.2) is 36.5 Å². The van der Waals surface area contributed by atoms with Crippen LogP contribution in [-0.2, 0) is 20.9 Å². The fourth-order valence-corrected chi connectivity index (χ4v) is 3.66. The molecule has 0 spiro atoms. The van der Waals surface area contributed by atoms with E-state index in [1.807, 2.05) is 29.2 Å². The van der Waals surface area contributed by atoms with E-state index >= 15 is 0 Å². The van der Waals surface area contributed by atoms with E-state index in [2.05, 4.69) is 22.6 Å². The van der Waals surface area contributed by atoms with Gasteiger partial charge in [0.2, 0.25) is 0 Å². The Hall–Kier alpha value is -1.57. The number of unbranched alkanes of at least 4 members (excludes halogenated alkanes) is 1. The topological polar surface area (TPSA) is 55.8 Å². The number of rotatable bonds is 8. The summed E-state index contributed by atoms with van der Waals surface area (Å²) in [6.45, 7) is 0.535. The molecular weight excluding hydrogens is 433 g/mol. The molecule has 0 bridgehead atoms. The number of hydrogen-bond donors (Lipinski definition) is 0. The number of halogens is 1. The van der Waals surface area contributed by atoms with Crippen LogP contribution in [0, 0.1) is 0 Å². The highest BCUT2D eigenvalue weighted by Crippen LogP contribution is 2.34. The Kier molecular flexibility index (Phi) is 7.28. The zero-order valence-electron chi connectivity index (χ0n) is 14.7. The van der Waals surface area contributed by atoms with E-state index in [0.717, 1.165) is 28.6 Å².